The van der Waals surface area contributed by atoms with Gasteiger partial charge in [0, 0.05) is 17.8 Å². The molecule has 0 saturated carbocycles. The Hall–Kier alpha value is -2.64. The molecule has 0 saturated heterocycles. The van der Waals surface area contributed by atoms with E-state index < -0.39 is 0 Å². The van der Waals surface area contributed by atoms with E-state index in [0.29, 0.717) is 19.6 Å². The molecule has 0 bridgehead atoms. The van der Waals surface area contributed by atoms with Gasteiger partial charge in [-0.2, -0.15) is 0 Å². The number of nitrogens with zero attached hydrogens (tertiary/aromatic N) is 3. The Balaban J connectivity index is 3.40. The molecule has 0 aliphatic carbocycles. The molecule has 1 aromatic rings. The van der Waals surface area contributed by atoms with Crippen molar-refractivity contribution in [2.75, 3.05) is 19.6 Å². The van der Waals surface area contributed by atoms with Gasteiger partial charge in [-0.25, -0.2) is 29.4 Å². The largest absolute Gasteiger partial charge is 0.234 e. The second-order valence-electron chi connectivity index (χ2n) is 6.32. The minimum Gasteiger partial charge on any atom is -0.211 e. The van der Waals surface area contributed by atoms with Crippen molar-refractivity contribution < 1.29 is 14.4 Å². The van der Waals surface area contributed by atoms with Crippen molar-refractivity contribution in [2.24, 2.45) is 15.0 Å². The highest BCUT2D eigenvalue weighted by molar-refractivity contribution is 5.44. The second kappa shape index (κ2) is 10.3. The fraction of sp³-hybridized carbons (Fsp3) is 0.526. The van der Waals surface area contributed by atoms with Crippen LogP contribution in [0, 0.1) is 6.92 Å². The zero-order chi connectivity index (χ0) is 18.8. The molecule has 1 rings (SSSR count). The molecule has 0 spiro atoms. The molecule has 0 N–H and O–H groups in total. The number of aliphatic imine (C=N–C) groups is 3. The van der Waals surface area contributed by atoms with E-state index in [1.807, 2.05) is 27.7 Å². The smallest absolute Gasteiger partial charge is 0.211 e. The van der Waals surface area contributed by atoms with Gasteiger partial charge in [0.1, 0.15) is 0 Å². The van der Waals surface area contributed by atoms with E-state index in [-0.39, 0.29) is 17.8 Å². The zero-order valence-corrected chi connectivity index (χ0v) is 15.1. The number of benzene rings is 1. The fourth-order valence-corrected chi connectivity index (χ4v) is 2.92. The molecule has 0 heterocycles. The van der Waals surface area contributed by atoms with Gasteiger partial charge in [0.15, 0.2) is 0 Å². The molecule has 0 radical (unpaired) electrons. The number of carbonyl (C=O) groups excluding carboxylic acids is 3. The molecule has 25 heavy (non-hydrogen) atoms. The summed E-state index contributed by atoms with van der Waals surface area (Å²) in [5, 5.41) is 0. The number of isocyanates is 3. The Morgan fingerprint density at radius 3 is 1.48 bits per heavy atom. The molecule has 6 nitrogen and oxygen atoms in total. The highest BCUT2D eigenvalue weighted by Crippen LogP contribution is 2.32. The number of hydrogen-bond donors (Lipinski definition) is 0. The first-order valence-corrected chi connectivity index (χ1v) is 8.21. The lowest BCUT2D eigenvalue weighted by Crippen LogP contribution is -2.10. The highest BCUT2D eigenvalue weighted by atomic mass is 16.1. The van der Waals surface area contributed by atoms with E-state index in [4.69, 9.17) is 0 Å². The van der Waals surface area contributed by atoms with Crippen LogP contribution < -0.4 is 0 Å². The Labute approximate surface area is 147 Å². The molecular formula is C19H23N3O3. The van der Waals surface area contributed by atoms with Crippen LogP contribution >= 0.6 is 0 Å². The maximum Gasteiger partial charge on any atom is 0.234 e. The first kappa shape index (κ1) is 20.4. The maximum absolute atomic E-state index is 10.4. The van der Waals surface area contributed by atoms with Crippen LogP contribution in [0.15, 0.2) is 27.1 Å². The minimum atomic E-state index is 0.0445. The van der Waals surface area contributed by atoms with E-state index in [1.54, 1.807) is 18.2 Å². The topological polar surface area (TPSA) is 88.3 Å². The first-order valence-electron chi connectivity index (χ1n) is 8.21. The van der Waals surface area contributed by atoms with Crippen molar-refractivity contribution in [3.05, 3.63) is 34.4 Å². The van der Waals surface area contributed by atoms with E-state index in [1.165, 1.54) is 0 Å². The summed E-state index contributed by atoms with van der Waals surface area (Å²) in [6.45, 7) is 9.07. The molecular weight excluding hydrogens is 318 g/mol. The summed E-state index contributed by atoms with van der Waals surface area (Å²) >= 11 is 0. The van der Waals surface area contributed by atoms with Crippen LogP contribution in [-0.2, 0) is 14.4 Å². The molecule has 1 aromatic carbocycles. The Kier molecular flexibility index (Phi) is 8.38. The molecule has 132 valence electrons. The van der Waals surface area contributed by atoms with Crippen LogP contribution in [0.4, 0.5) is 0 Å². The summed E-state index contributed by atoms with van der Waals surface area (Å²) in [4.78, 5) is 42.3. The third-order valence-electron chi connectivity index (χ3n) is 4.43. The van der Waals surface area contributed by atoms with Crippen molar-refractivity contribution in [1.82, 2.24) is 0 Å². The SMILES string of the molecule is Cc1c(C(C)CN=C=O)cc(C(C)CN=C=O)cc1C(C)CN=C=O. The van der Waals surface area contributed by atoms with Gasteiger partial charge in [-0.3, -0.25) is 0 Å². The van der Waals surface area contributed by atoms with E-state index >= 15 is 0 Å². The summed E-state index contributed by atoms with van der Waals surface area (Å²) < 4.78 is 0. The van der Waals surface area contributed by atoms with Gasteiger partial charge in [0.25, 0.3) is 0 Å². The van der Waals surface area contributed by atoms with E-state index in [9.17, 15) is 14.4 Å². The van der Waals surface area contributed by atoms with Gasteiger partial charge >= 0.3 is 0 Å². The number of rotatable bonds is 9. The molecule has 0 fully saturated rings. The normalized spacial score (nSPS) is 13.6. The summed E-state index contributed by atoms with van der Waals surface area (Å²) in [6.07, 6.45) is 4.72. The van der Waals surface area contributed by atoms with Gasteiger partial charge in [-0.05, 0) is 29.2 Å². The number of hydrogen-bond acceptors (Lipinski definition) is 6. The third-order valence-corrected chi connectivity index (χ3v) is 4.43. The molecule has 6 heteroatoms. The maximum atomic E-state index is 10.4. The zero-order valence-electron chi connectivity index (χ0n) is 15.1. The van der Waals surface area contributed by atoms with Gasteiger partial charge in [-0.1, -0.05) is 32.9 Å². The van der Waals surface area contributed by atoms with Crippen molar-refractivity contribution >= 4 is 18.2 Å². The van der Waals surface area contributed by atoms with Crippen molar-refractivity contribution in [2.45, 2.75) is 45.4 Å². The molecule has 0 aromatic heterocycles. The third kappa shape index (κ3) is 5.74. The van der Waals surface area contributed by atoms with E-state index in [2.05, 4.69) is 27.1 Å². The van der Waals surface area contributed by atoms with Crippen LogP contribution in [-0.4, -0.2) is 37.9 Å². The minimum absolute atomic E-state index is 0.0445. The van der Waals surface area contributed by atoms with Crippen LogP contribution in [0.2, 0.25) is 0 Å². The molecule has 0 amide bonds. The van der Waals surface area contributed by atoms with Crippen LogP contribution in [0.1, 0.15) is 60.8 Å². The molecule has 0 aliphatic heterocycles. The fourth-order valence-electron chi connectivity index (χ4n) is 2.92. The van der Waals surface area contributed by atoms with Gasteiger partial charge in [0.05, 0.1) is 19.6 Å². The average molecular weight is 341 g/mol. The summed E-state index contributed by atoms with van der Waals surface area (Å²) in [6, 6.07) is 4.15. The highest BCUT2D eigenvalue weighted by Gasteiger charge is 2.18. The lowest BCUT2D eigenvalue weighted by molar-refractivity contribution is 0.561. The van der Waals surface area contributed by atoms with Crippen molar-refractivity contribution in [3.63, 3.8) is 0 Å². The van der Waals surface area contributed by atoms with Crippen molar-refractivity contribution in [1.29, 1.82) is 0 Å². The van der Waals surface area contributed by atoms with Gasteiger partial charge in [-0.15, -0.1) is 0 Å². The van der Waals surface area contributed by atoms with Gasteiger partial charge < -0.3 is 0 Å². The standard InChI is InChI=1S/C19H23N3O3/c1-13(7-20-10-23)17-5-18(14(2)8-21-11-24)16(4)19(6-17)15(3)9-22-12-25/h5-6,13-15H,7-9H2,1-4H3. The second-order valence-corrected chi connectivity index (χ2v) is 6.32. The summed E-state index contributed by atoms with van der Waals surface area (Å²) in [7, 11) is 0. The van der Waals surface area contributed by atoms with Crippen LogP contribution in [0.3, 0.4) is 0 Å². The Morgan fingerprint density at radius 2 is 1.12 bits per heavy atom. The van der Waals surface area contributed by atoms with Crippen LogP contribution in [0.25, 0.3) is 0 Å². The van der Waals surface area contributed by atoms with Gasteiger partial charge in [0.2, 0.25) is 18.2 Å². The lowest BCUT2D eigenvalue weighted by atomic mass is 9.84. The predicted molar refractivity (Wildman–Crippen MR) is 95.4 cm³/mol. The lowest BCUT2D eigenvalue weighted by Gasteiger charge is -2.22. The average Bonchev–Trinajstić information content (AvgIpc) is 2.62. The Morgan fingerprint density at radius 1 is 0.760 bits per heavy atom. The predicted octanol–water partition coefficient (Wildman–Crippen LogP) is 3.31. The monoisotopic (exact) mass is 341 g/mol. The first-order chi connectivity index (χ1) is 12.0. The molecule has 3 atom stereocenters. The van der Waals surface area contributed by atoms with E-state index in [0.717, 1.165) is 22.3 Å². The molecule has 0 aliphatic rings. The van der Waals surface area contributed by atoms with Crippen molar-refractivity contribution in [3.8, 4) is 0 Å². The Bertz CT molecular complexity index is 693. The quantitative estimate of drug-likeness (QED) is 0.510. The molecule has 3 unspecified atom stereocenters. The summed E-state index contributed by atoms with van der Waals surface area (Å²) in [5.74, 6) is 0.135. The summed E-state index contributed by atoms with van der Waals surface area (Å²) in [5.41, 5.74) is 4.29. The van der Waals surface area contributed by atoms with Crippen LogP contribution in [0.5, 0.6) is 0 Å².